The Hall–Kier alpha value is -1.09. The summed E-state index contributed by atoms with van der Waals surface area (Å²) in [6.07, 6.45) is 2.76. The zero-order chi connectivity index (χ0) is 13.4. The first kappa shape index (κ1) is 12.9. The van der Waals surface area contributed by atoms with E-state index < -0.39 is 0 Å². The van der Waals surface area contributed by atoms with Gasteiger partial charge in [0.05, 0.1) is 0 Å². The molecule has 2 nitrogen and oxygen atoms in total. The van der Waals surface area contributed by atoms with Crippen molar-refractivity contribution in [3.05, 3.63) is 30.1 Å². The van der Waals surface area contributed by atoms with Crippen LogP contribution in [-0.4, -0.2) is 36.6 Å². The average Bonchev–Trinajstić information content (AvgIpc) is 3.23. The molecule has 3 rings (SSSR count). The Balaban J connectivity index is 1.74. The van der Waals surface area contributed by atoms with Crippen LogP contribution in [-0.2, 0) is 0 Å². The van der Waals surface area contributed by atoms with Crippen molar-refractivity contribution in [1.29, 1.82) is 0 Å². The van der Waals surface area contributed by atoms with E-state index in [1.54, 1.807) is 12.1 Å². The molecule has 19 heavy (non-hydrogen) atoms. The van der Waals surface area contributed by atoms with E-state index in [0.29, 0.717) is 12.1 Å². The second-order valence-corrected chi connectivity index (χ2v) is 6.16. The fourth-order valence-corrected chi connectivity index (χ4v) is 3.25. The molecule has 2 aliphatic rings. The van der Waals surface area contributed by atoms with E-state index in [9.17, 15) is 4.39 Å². The number of piperazine rings is 1. The molecule has 0 N–H and O–H groups in total. The number of rotatable bonds is 3. The van der Waals surface area contributed by atoms with Crippen LogP contribution in [0.3, 0.4) is 0 Å². The Morgan fingerprint density at radius 2 is 1.79 bits per heavy atom. The minimum Gasteiger partial charge on any atom is -0.369 e. The van der Waals surface area contributed by atoms with Gasteiger partial charge >= 0.3 is 0 Å². The van der Waals surface area contributed by atoms with Crippen molar-refractivity contribution in [2.24, 2.45) is 5.92 Å². The molecule has 3 heteroatoms. The second-order valence-electron chi connectivity index (χ2n) is 6.16. The van der Waals surface area contributed by atoms with E-state index in [2.05, 4.69) is 23.6 Å². The molecule has 1 aromatic carbocycles. The van der Waals surface area contributed by atoms with Gasteiger partial charge in [0.15, 0.2) is 0 Å². The van der Waals surface area contributed by atoms with Gasteiger partial charge in [-0.1, -0.05) is 0 Å². The van der Waals surface area contributed by atoms with Crippen LogP contribution < -0.4 is 4.90 Å². The SMILES string of the molecule is CC(C)N1CCN(c2ccc(F)cc2)C[C@H]1C1CC1. The number of anilines is 1. The van der Waals surface area contributed by atoms with Crippen molar-refractivity contribution in [3.8, 4) is 0 Å². The highest BCUT2D eigenvalue weighted by atomic mass is 19.1. The number of benzene rings is 1. The van der Waals surface area contributed by atoms with Gasteiger partial charge in [0.1, 0.15) is 5.82 Å². The molecule has 1 aliphatic heterocycles. The van der Waals surface area contributed by atoms with Crippen LogP contribution >= 0.6 is 0 Å². The van der Waals surface area contributed by atoms with Crippen molar-refractivity contribution in [3.63, 3.8) is 0 Å². The molecule has 0 radical (unpaired) electrons. The third-order valence-corrected chi connectivity index (χ3v) is 4.48. The number of nitrogens with zero attached hydrogens (tertiary/aromatic N) is 2. The standard InChI is InChI=1S/C16H23FN2/c1-12(2)19-10-9-18(11-16(19)13-3-4-13)15-7-5-14(17)6-8-15/h5-8,12-13,16H,3-4,9-11H2,1-2H3/t16-/m0/s1. The molecule has 1 aliphatic carbocycles. The zero-order valence-electron chi connectivity index (χ0n) is 11.8. The van der Waals surface area contributed by atoms with Gasteiger partial charge < -0.3 is 4.90 Å². The maximum absolute atomic E-state index is 13.0. The number of halogens is 1. The Morgan fingerprint density at radius 1 is 1.11 bits per heavy atom. The summed E-state index contributed by atoms with van der Waals surface area (Å²) in [4.78, 5) is 5.07. The van der Waals surface area contributed by atoms with E-state index in [4.69, 9.17) is 0 Å². The fourth-order valence-electron chi connectivity index (χ4n) is 3.25. The van der Waals surface area contributed by atoms with Crippen molar-refractivity contribution in [2.45, 2.75) is 38.8 Å². The molecular formula is C16H23FN2. The smallest absolute Gasteiger partial charge is 0.123 e. The highest BCUT2D eigenvalue weighted by Gasteiger charge is 2.39. The van der Waals surface area contributed by atoms with Crippen LogP contribution in [0.2, 0.25) is 0 Å². The summed E-state index contributed by atoms with van der Waals surface area (Å²) in [5, 5.41) is 0. The molecule has 0 amide bonds. The lowest BCUT2D eigenvalue weighted by Gasteiger charge is -2.44. The molecule has 1 atom stereocenters. The van der Waals surface area contributed by atoms with E-state index in [0.717, 1.165) is 31.2 Å². The normalized spacial score (nSPS) is 25.1. The summed E-state index contributed by atoms with van der Waals surface area (Å²) in [5.41, 5.74) is 1.16. The van der Waals surface area contributed by atoms with Crippen molar-refractivity contribution < 1.29 is 4.39 Å². The molecule has 0 aromatic heterocycles. The van der Waals surface area contributed by atoms with Gasteiger partial charge in [0.2, 0.25) is 0 Å². The van der Waals surface area contributed by atoms with Crippen LogP contribution in [0.25, 0.3) is 0 Å². The second kappa shape index (κ2) is 5.12. The monoisotopic (exact) mass is 262 g/mol. The van der Waals surface area contributed by atoms with Crippen LogP contribution in [0.5, 0.6) is 0 Å². The third-order valence-electron chi connectivity index (χ3n) is 4.48. The predicted octanol–water partition coefficient (Wildman–Crippen LogP) is 3.13. The summed E-state index contributed by atoms with van der Waals surface area (Å²) in [7, 11) is 0. The molecule has 1 saturated heterocycles. The Kier molecular flexibility index (Phi) is 3.48. The van der Waals surface area contributed by atoms with Crippen LogP contribution in [0.15, 0.2) is 24.3 Å². The van der Waals surface area contributed by atoms with Gasteiger partial charge in [-0.15, -0.1) is 0 Å². The Bertz CT molecular complexity index is 425. The lowest BCUT2D eigenvalue weighted by molar-refractivity contribution is 0.121. The molecule has 104 valence electrons. The van der Waals surface area contributed by atoms with Crippen molar-refractivity contribution in [1.82, 2.24) is 4.90 Å². The van der Waals surface area contributed by atoms with Gasteiger partial charge in [-0.25, -0.2) is 4.39 Å². The van der Waals surface area contributed by atoms with Crippen LogP contribution in [0.4, 0.5) is 10.1 Å². The first-order chi connectivity index (χ1) is 9.15. The van der Waals surface area contributed by atoms with Gasteiger partial charge in [-0.05, 0) is 56.9 Å². The first-order valence-electron chi connectivity index (χ1n) is 7.41. The maximum Gasteiger partial charge on any atom is 0.123 e. The highest BCUT2D eigenvalue weighted by molar-refractivity contribution is 5.47. The molecule has 0 unspecified atom stereocenters. The summed E-state index contributed by atoms with van der Waals surface area (Å²) in [6, 6.07) is 8.25. The minimum absolute atomic E-state index is 0.150. The molecule has 2 fully saturated rings. The van der Waals surface area contributed by atoms with Gasteiger partial charge in [0.25, 0.3) is 0 Å². The maximum atomic E-state index is 13.0. The van der Waals surface area contributed by atoms with E-state index in [1.165, 1.54) is 12.8 Å². The molecule has 1 heterocycles. The number of hydrogen-bond acceptors (Lipinski definition) is 2. The van der Waals surface area contributed by atoms with Crippen molar-refractivity contribution >= 4 is 5.69 Å². The van der Waals surface area contributed by atoms with Gasteiger partial charge in [0, 0.05) is 37.4 Å². The summed E-state index contributed by atoms with van der Waals surface area (Å²) in [5.74, 6) is 0.731. The van der Waals surface area contributed by atoms with Crippen molar-refractivity contribution in [2.75, 3.05) is 24.5 Å². The van der Waals surface area contributed by atoms with Gasteiger partial charge in [-0.3, -0.25) is 4.90 Å². The van der Waals surface area contributed by atoms with E-state index in [-0.39, 0.29) is 5.82 Å². The average molecular weight is 262 g/mol. The molecule has 0 spiro atoms. The quantitative estimate of drug-likeness (QED) is 0.825. The Labute approximate surface area is 115 Å². The highest BCUT2D eigenvalue weighted by Crippen LogP contribution is 2.38. The lowest BCUT2D eigenvalue weighted by atomic mass is 10.0. The fraction of sp³-hybridized carbons (Fsp3) is 0.625. The summed E-state index contributed by atoms with van der Waals surface area (Å²) in [6.45, 7) is 7.85. The van der Waals surface area contributed by atoms with E-state index >= 15 is 0 Å². The predicted molar refractivity (Wildman–Crippen MR) is 77.0 cm³/mol. The minimum atomic E-state index is -0.150. The topological polar surface area (TPSA) is 6.48 Å². The molecule has 1 saturated carbocycles. The van der Waals surface area contributed by atoms with Gasteiger partial charge in [-0.2, -0.15) is 0 Å². The van der Waals surface area contributed by atoms with Crippen LogP contribution in [0, 0.1) is 11.7 Å². The Morgan fingerprint density at radius 3 is 2.37 bits per heavy atom. The molecular weight excluding hydrogens is 239 g/mol. The lowest BCUT2D eigenvalue weighted by Crippen LogP contribution is -2.56. The summed E-state index contributed by atoms with van der Waals surface area (Å²) < 4.78 is 13.0. The largest absolute Gasteiger partial charge is 0.369 e. The first-order valence-corrected chi connectivity index (χ1v) is 7.41. The summed E-state index contributed by atoms with van der Waals surface area (Å²) >= 11 is 0. The zero-order valence-corrected chi connectivity index (χ0v) is 11.8. The molecule has 0 bridgehead atoms. The van der Waals surface area contributed by atoms with Crippen LogP contribution in [0.1, 0.15) is 26.7 Å². The molecule has 1 aromatic rings. The number of hydrogen-bond donors (Lipinski definition) is 0. The van der Waals surface area contributed by atoms with E-state index in [1.807, 2.05) is 12.1 Å². The third kappa shape index (κ3) is 2.76.